The lowest BCUT2D eigenvalue weighted by Gasteiger charge is -2.14. The molecule has 1 amide bonds. The van der Waals surface area contributed by atoms with Crippen molar-refractivity contribution >= 4 is 34.7 Å². The fourth-order valence-electron chi connectivity index (χ4n) is 2.71. The third kappa shape index (κ3) is 6.51. The van der Waals surface area contributed by atoms with Crippen LogP contribution in [0.4, 0.5) is 0 Å². The van der Waals surface area contributed by atoms with Gasteiger partial charge in [-0.25, -0.2) is 5.43 Å². The number of carbonyl (C=O) groups is 1. The number of ether oxygens (including phenoxy) is 2. The number of halogens is 1. The first kappa shape index (κ1) is 22.2. The van der Waals surface area contributed by atoms with Gasteiger partial charge in [0, 0.05) is 0 Å². The molecule has 28 heavy (non-hydrogen) atoms. The molecule has 2 rings (SSSR count). The largest absolute Gasteiger partial charge is 0.490 e. The average Bonchev–Trinajstić information content (AvgIpc) is 2.64. The third-order valence-electron chi connectivity index (χ3n) is 4.03. The zero-order chi connectivity index (χ0) is 20.5. The molecule has 0 aliphatic carbocycles. The van der Waals surface area contributed by atoms with Crippen LogP contribution in [0, 0.1) is 17.4 Å². The second kappa shape index (κ2) is 11.0. The molecule has 0 heterocycles. The number of amides is 1. The molecule has 5 nitrogen and oxygen atoms in total. The molecule has 0 spiro atoms. The molecule has 2 aromatic carbocycles. The highest BCUT2D eigenvalue weighted by atomic mass is 127. The second-order valence-corrected chi connectivity index (χ2v) is 7.67. The first-order valence-corrected chi connectivity index (χ1v) is 10.5. The highest BCUT2D eigenvalue weighted by Gasteiger charge is 2.11. The molecule has 1 N–H and O–H groups in total. The third-order valence-corrected chi connectivity index (χ3v) is 4.84. The summed E-state index contributed by atoms with van der Waals surface area (Å²) in [7, 11) is 0. The lowest BCUT2D eigenvalue weighted by Crippen LogP contribution is -2.20. The first-order chi connectivity index (χ1) is 13.4. The molecule has 0 radical (unpaired) electrons. The number of hydrazone groups is 1. The van der Waals surface area contributed by atoms with Gasteiger partial charge >= 0.3 is 0 Å². The summed E-state index contributed by atoms with van der Waals surface area (Å²) in [5, 5.41) is 4.09. The number of carbonyl (C=O) groups excluding carboxylic acids is 1. The fraction of sp³-hybridized carbons (Fsp3) is 0.364. The summed E-state index contributed by atoms with van der Waals surface area (Å²) in [6.45, 7) is 9.24. The van der Waals surface area contributed by atoms with Crippen LogP contribution in [-0.2, 0) is 11.2 Å². The van der Waals surface area contributed by atoms with Crippen LogP contribution in [0.5, 0.6) is 11.5 Å². The van der Waals surface area contributed by atoms with Crippen molar-refractivity contribution in [2.45, 2.75) is 40.5 Å². The standard InChI is InChI=1S/C22H27IN2O3/c1-5-9-28-22-19(23)11-17(12-20(22)27-6-2)14-24-25-21(26)13-18-8-7-15(3)10-16(18)4/h7-8,10-12,14H,5-6,9,13H2,1-4H3,(H,25,26)/b24-14+. The summed E-state index contributed by atoms with van der Waals surface area (Å²) in [6.07, 6.45) is 2.85. The summed E-state index contributed by atoms with van der Waals surface area (Å²) in [4.78, 5) is 12.2. The van der Waals surface area contributed by atoms with Gasteiger partial charge in [-0.05, 0) is 78.6 Å². The zero-order valence-electron chi connectivity index (χ0n) is 16.8. The van der Waals surface area contributed by atoms with Crippen molar-refractivity contribution < 1.29 is 14.3 Å². The molecule has 150 valence electrons. The van der Waals surface area contributed by atoms with Crippen molar-refractivity contribution in [3.63, 3.8) is 0 Å². The molecule has 0 saturated carbocycles. The van der Waals surface area contributed by atoms with Gasteiger partial charge < -0.3 is 9.47 Å². The molecule has 0 bridgehead atoms. The van der Waals surface area contributed by atoms with Gasteiger partial charge in [0.25, 0.3) is 0 Å². The number of hydrogen-bond donors (Lipinski definition) is 1. The predicted octanol–water partition coefficient (Wildman–Crippen LogP) is 4.79. The number of rotatable bonds is 9. The zero-order valence-corrected chi connectivity index (χ0v) is 19.0. The van der Waals surface area contributed by atoms with Gasteiger partial charge in [0.15, 0.2) is 11.5 Å². The maximum Gasteiger partial charge on any atom is 0.244 e. The minimum absolute atomic E-state index is 0.147. The van der Waals surface area contributed by atoms with Gasteiger partial charge in [-0.1, -0.05) is 30.7 Å². The Labute approximate surface area is 180 Å². The maximum absolute atomic E-state index is 12.2. The number of benzene rings is 2. The SMILES string of the molecule is CCCOc1c(I)cc(/C=N/NC(=O)Cc2ccc(C)cc2C)cc1OCC. The van der Waals surface area contributed by atoms with E-state index in [1.54, 1.807) is 6.21 Å². The number of hydrogen-bond acceptors (Lipinski definition) is 4. The van der Waals surface area contributed by atoms with Crippen molar-refractivity contribution in [1.29, 1.82) is 0 Å². The molecule has 2 aromatic rings. The maximum atomic E-state index is 12.2. The van der Waals surface area contributed by atoms with Gasteiger partial charge in [-0.15, -0.1) is 0 Å². The van der Waals surface area contributed by atoms with Gasteiger partial charge in [-0.2, -0.15) is 5.10 Å². The van der Waals surface area contributed by atoms with E-state index in [4.69, 9.17) is 9.47 Å². The summed E-state index contributed by atoms with van der Waals surface area (Å²) in [6, 6.07) is 9.90. The van der Waals surface area contributed by atoms with E-state index in [-0.39, 0.29) is 5.91 Å². The molecule has 0 atom stereocenters. The molecule has 0 saturated heterocycles. The number of aryl methyl sites for hydroxylation is 2. The monoisotopic (exact) mass is 494 g/mol. The Bertz CT molecular complexity index is 850. The topological polar surface area (TPSA) is 59.9 Å². The Hall–Kier alpha value is -2.09. The van der Waals surface area contributed by atoms with Crippen LogP contribution in [0.15, 0.2) is 35.4 Å². The molecule has 6 heteroatoms. The van der Waals surface area contributed by atoms with E-state index in [0.717, 1.165) is 32.4 Å². The molecule has 0 aromatic heterocycles. The highest BCUT2D eigenvalue weighted by Crippen LogP contribution is 2.34. The summed E-state index contributed by atoms with van der Waals surface area (Å²) < 4.78 is 12.5. The van der Waals surface area contributed by atoms with Crippen molar-refractivity contribution in [3.05, 3.63) is 56.2 Å². The van der Waals surface area contributed by atoms with Gasteiger partial charge in [0.05, 0.1) is 29.4 Å². The van der Waals surface area contributed by atoms with Crippen LogP contribution >= 0.6 is 22.6 Å². The summed E-state index contributed by atoms with van der Waals surface area (Å²) in [5.74, 6) is 1.29. The van der Waals surface area contributed by atoms with Crippen LogP contribution in [0.25, 0.3) is 0 Å². The van der Waals surface area contributed by atoms with E-state index in [0.29, 0.717) is 25.4 Å². The Balaban J connectivity index is 2.05. The van der Waals surface area contributed by atoms with E-state index >= 15 is 0 Å². The predicted molar refractivity (Wildman–Crippen MR) is 121 cm³/mol. The summed E-state index contributed by atoms with van der Waals surface area (Å²) >= 11 is 2.22. The van der Waals surface area contributed by atoms with E-state index in [9.17, 15) is 4.79 Å². The number of nitrogens with zero attached hydrogens (tertiary/aromatic N) is 1. The van der Waals surface area contributed by atoms with Crippen molar-refractivity contribution in [2.75, 3.05) is 13.2 Å². The number of nitrogens with one attached hydrogen (secondary N) is 1. The molecular weight excluding hydrogens is 467 g/mol. The van der Waals surface area contributed by atoms with E-state index in [2.05, 4.69) is 46.1 Å². The molecule has 0 fully saturated rings. The Morgan fingerprint density at radius 1 is 1.18 bits per heavy atom. The Kier molecular flexibility index (Phi) is 8.76. The summed E-state index contributed by atoms with van der Waals surface area (Å²) in [5.41, 5.74) is 6.73. The fourth-order valence-corrected chi connectivity index (χ4v) is 3.49. The molecular formula is C22H27IN2O3. The first-order valence-electron chi connectivity index (χ1n) is 9.41. The van der Waals surface area contributed by atoms with E-state index in [1.165, 1.54) is 5.56 Å². The van der Waals surface area contributed by atoms with Crippen molar-refractivity contribution in [1.82, 2.24) is 5.43 Å². The van der Waals surface area contributed by atoms with Crippen LogP contribution in [-0.4, -0.2) is 25.3 Å². The second-order valence-electron chi connectivity index (χ2n) is 6.51. The van der Waals surface area contributed by atoms with Crippen LogP contribution in [0.1, 0.15) is 42.5 Å². The molecule has 0 aliphatic heterocycles. The van der Waals surface area contributed by atoms with Gasteiger partial charge in [0.2, 0.25) is 5.91 Å². The van der Waals surface area contributed by atoms with E-state index in [1.807, 2.05) is 45.0 Å². The van der Waals surface area contributed by atoms with Crippen molar-refractivity contribution in [3.8, 4) is 11.5 Å². The lowest BCUT2D eigenvalue weighted by molar-refractivity contribution is -0.120. The van der Waals surface area contributed by atoms with E-state index < -0.39 is 0 Å². The minimum atomic E-state index is -0.147. The van der Waals surface area contributed by atoms with Gasteiger partial charge in [0.1, 0.15) is 0 Å². The lowest BCUT2D eigenvalue weighted by atomic mass is 10.0. The van der Waals surface area contributed by atoms with Crippen LogP contribution < -0.4 is 14.9 Å². The van der Waals surface area contributed by atoms with Crippen LogP contribution in [0.2, 0.25) is 0 Å². The highest BCUT2D eigenvalue weighted by molar-refractivity contribution is 14.1. The smallest absolute Gasteiger partial charge is 0.244 e. The molecule has 0 unspecified atom stereocenters. The molecule has 0 aliphatic rings. The average molecular weight is 494 g/mol. The van der Waals surface area contributed by atoms with Crippen molar-refractivity contribution in [2.24, 2.45) is 5.10 Å². The normalized spacial score (nSPS) is 10.9. The Morgan fingerprint density at radius 3 is 2.64 bits per heavy atom. The quantitative estimate of drug-likeness (QED) is 0.310. The Morgan fingerprint density at radius 2 is 1.96 bits per heavy atom. The minimum Gasteiger partial charge on any atom is -0.490 e. The van der Waals surface area contributed by atoms with Crippen LogP contribution in [0.3, 0.4) is 0 Å². The van der Waals surface area contributed by atoms with Gasteiger partial charge in [-0.3, -0.25) is 4.79 Å².